The zero-order chi connectivity index (χ0) is 15.2. The summed E-state index contributed by atoms with van der Waals surface area (Å²) >= 11 is 0. The molecule has 0 bridgehead atoms. The molecule has 1 aliphatic heterocycles. The first kappa shape index (κ1) is 17.2. The molecular weight excluding hydrogens is 254 g/mol. The van der Waals surface area contributed by atoms with Crippen LogP contribution in [0.25, 0.3) is 0 Å². The van der Waals surface area contributed by atoms with Gasteiger partial charge in [-0.05, 0) is 53.4 Å². The fraction of sp³-hybridized carbons (Fsp3) is 0.933. The highest BCUT2D eigenvalue weighted by atomic mass is 16.6. The number of hydrogen-bond acceptors (Lipinski definition) is 4. The fourth-order valence-electron chi connectivity index (χ4n) is 2.63. The minimum absolute atomic E-state index is 0.173. The van der Waals surface area contributed by atoms with E-state index in [-0.39, 0.29) is 12.1 Å². The highest BCUT2D eigenvalue weighted by molar-refractivity contribution is 5.68. The van der Waals surface area contributed by atoms with Crippen molar-refractivity contribution in [2.75, 3.05) is 19.6 Å². The lowest BCUT2D eigenvalue weighted by Crippen LogP contribution is -2.48. The predicted octanol–water partition coefficient (Wildman–Crippen LogP) is 2.10. The Morgan fingerprint density at radius 2 is 2.15 bits per heavy atom. The summed E-state index contributed by atoms with van der Waals surface area (Å²) < 4.78 is 5.52. The van der Waals surface area contributed by atoms with E-state index in [1.807, 2.05) is 25.7 Å². The fourth-order valence-corrected chi connectivity index (χ4v) is 2.63. The van der Waals surface area contributed by atoms with Gasteiger partial charge in [-0.1, -0.05) is 0 Å². The normalized spacial score (nSPS) is 21.6. The molecule has 0 aliphatic carbocycles. The minimum atomic E-state index is -0.428. The topological polar surface area (TPSA) is 67.6 Å². The van der Waals surface area contributed by atoms with E-state index in [1.54, 1.807) is 0 Å². The lowest BCUT2D eigenvalue weighted by molar-refractivity contribution is 0.00793. The summed E-state index contributed by atoms with van der Waals surface area (Å²) in [5.74, 6) is 0. The van der Waals surface area contributed by atoms with E-state index >= 15 is 0 Å². The van der Waals surface area contributed by atoms with Crippen LogP contribution in [0.2, 0.25) is 0 Å². The van der Waals surface area contributed by atoms with Gasteiger partial charge in [0.05, 0.1) is 0 Å². The Morgan fingerprint density at radius 1 is 1.45 bits per heavy atom. The minimum Gasteiger partial charge on any atom is -0.444 e. The zero-order valence-electron chi connectivity index (χ0n) is 13.4. The molecule has 1 saturated heterocycles. The third-order valence-corrected chi connectivity index (χ3v) is 3.52. The molecule has 0 aromatic carbocycles. The second kappa shape index (κ2) is 7.84. The molecule has 0 spiro atoms. The van der Waals surface area contributed by atoms with Gasteiger partial charge in [0, 0.05) is 31.7 Å². The van der Waals surface area contributed by atoms with E-state index in [4.69, 9.17) is 10.5 Å². The first-order valence-corrected chi connectivity index (χ1v) is 7.76. The van der Waals surface area contributed by atoms with Crippen molar-refractivity contribution in [1.29, 1.82) is 0 Å². The number of nitrogens with zero attached hydrogens (tertiary/aromatic N) is 1. The summed E-state index contributed by atoms with van der Waals surface area (Å²) in [6.45, 7) is 10.2. The smallest absolute Gasteiger partial charge is 0.410 e. The summed E-state index contributed by atoms with van der Waals surface area (Å²) in [5.41, 5.74) is 5.08. The summed E-state index contributed by atoms with van der Waals surface area (Å²) in [5, 5.41) is 3.38. The molecule has 1 fully saturated rings. The van der Waals surface area contributed by atoms with Crippen LogP contribution in [-0.4, -0.2) is 48.3 Å². The number of rotatable bonds is 5. The molecule has 118 valence electrons. The van der Waals surface area contributed by atoms with Gasteiger partial charge in [-0.25, -0.2) is 4.79 Å². The molecule has 20 heavy (non-hydrogen) atoms. The van der Waals surface area contributed by atoms with Crippen molar-refractivity contribution in [2.24, 2.45) is 5.73 Å². The molecule has 0 aromatic heterocycles. The van der Waals surface area contributed by atoms with Crippen molar-refractivity contribution in [3.05, 3.63) is 0 Å². The van der Waals surface area contributed by atoms with Crippen LogP contribution in [0.15, 0.2) is 0 Å². The number of likely N-dealkylation sites (tertiary alicyclic amines) is 1. The third kappa shape index (κ3) is 6.09. The molecule has 0 aromatic rings. The molecule has 0 radical (unpaired) electrons. The van der Waals surface area contributed by atoms with E-state index in [2.05, 4.69) is 12.2 Å². The van der Waals surface area contributed by atoms with Gasteiger partial charge in [0.1, 0.15) is 5.60 Å². The number of amides is 1. The van der Waals surface area contributed by atoms with Crippen LogP contribution in [0.4, 0.5) is 4.79 Å². The Morgan fingerprint density at radius 3 is 2.75 bits per heavy atom. The predicted molar refractivity (Wildman–Crippen MR) is 81.7 cm³/mol. The monoisotopic (exact) mass is 285 g/mol. The van der Waals surface area contributed by atoms with Gasteiger partial charge in [0.25, 0.3) is 0 Å². The van der Waals surface area contributed by atoms with Crippen LogP contribution in [0, 0.1) is 0 Å². The quantitative estimate of drug-likeness (QED) is 0.812. The number of ether oxygens (including phenoxy) is 1. The SMILES string of the molecule is CC(CC1CCCCN1C(=O)OC(C)(C)C)NCCN. The number of piperidine rings is 1. The maximum atomic E-state index is 12.3. The van der Waals surface area contributed by atoms with E-state index in [0.717, 1.165) is 32.4 Å². The largest absolute Gasteiger partial charge is 0.444 e. The molecule has 1 amide bonds. The Balaban J connectivity index is 2.55. The summed E-state index contributed by atoms with van der Waals surface area (Å²) in [6.07, 6.45) is 4.11. The second-order valence-electron chi connectivity index (χ2n) is 6.70. The molecule has 5 heteroatoms. The van der Waals surface area contributed by atoms with Crippen molar-refractivity contribution in [3.8, 4) is 0 Å². The number of nitrogens with one attached hydrogen (secondary N) is 1. The van der Waals surface area contributed by atoms with Gasteiger partial charge < -0.3 is 20.7 Å². The van der Waals surface area contributed by atoms with E-state index < -0.39 is 5.60 Å². The Kier molecular flexibility index (Phi) is 6.76. The average molecular weight is 285 g/mol. The van der Waals surface area contributed by atoms with Gasteiger partial charge in [-0.15, -0.1) is 0 Å². The van der Waals surface area contributed by atoms with Crippen LogP contribution >= 0.6 is 0 Å². The van der Waals surface area contributed by atoms with Crippen molar-refractivity contribution >= 4 is 6.09 Å². The second-order valence-corrected chi connectivity index (χ2v) is 6.70. The van der Waals surface area contributed by atoms with Crippen molar-refractivity contribution in [3.63, 3.8) is 0 Å². The van der Waals surface area contributed by atoms with E-state index in [9.17, 15) is 4.79 Å². The molecule has 0 saturated carbocycles. The maximum absolute atomic E-state index is 12.3. The first-order chi connectivity index (χ1) is 9.33. The van der Waals surface area contributed by atoms with Gasteiger partial charge in [-0.2, -0.15) is 0 Å². The number of hydrogen-bond donors (Lipinski definition) is 2. The van der Waals surface area contributed by atoms with Crippen molar-refractivity contribution in [1.82, 2.24) is 10.2 Å². The Labute approximate surface area is 123 Å². The van der Waals surface area contributed by atoms with Crippen LogP contribution in [0.1, 0.15) is 53.4 Å². The highest BCUT2D eigenvalue weighted by Gasteiger charge is 2.31. The van der Waals surface area contributed by atoms with Crippen molar-refractivity contribution < 1.29 is 9.53 Å². The molecule has 5 nitrogen and oxygen atoms in total. The van der Waals surface area contributed by atoms with Crippen LogP contribution in [-0.2, 0) is 4.74 Å². The van der Waals surface area contributed by atoms with Gasteiger partial charge in [0.2, 0.25) is 0 Å². The lowest BCUT2D eigenvalue weighted by Gasteiger charge is -2.38. The number of carbonyl (C=O) groups is 1. The molecule has 3 N–H and O–H groups in total. The van der Waals surface area contributed by atoms with Crippen LogP contribution < -0.4 is 11.1 Å². The van der Waals surface area contributed by atoms with Gasteiger partial charge >= 0.3 is 6.09 Å². The van der Waals surface area contributed by atoms with Crippen LogP contribution in [0.3, 0.4) is 0 Å². The van der Waals surface area contributed by atoms with Crippen LogP contribution in [0.5, 0.6) is 0 Å². The zero-order valence-corrected chi connectivity index (χ0v) is 13.4. The maximum Gasteiger partial charge on any atom is 0.410 e. The van der Waals surface area contributed by atoms with Crippen molar-refractivity contribution in [2.45, 2.75) is 71.1 Å². The van der Waals surface area contributed by atoms with E-state index in [1.165, 1.54) is 6.42 Å². The highest BCUT2D eigenvalue weighted by Crippen LogP contribution is 2.23. The average Bonchev–Trinajstić information content (AvgIpc) is 2.35. The molecule has 2 atom stereocenters. The molecule has 1 rings (SSSR count). The first-order valence-electron chi connectivity index (χ1n) is 7.76. The third-order valence-electron chi connectivity index (χ3n) is 3.52. The van der Waals surface area contributed by atoms with E-state index in [0.29, 0.717) is 12.6 Å². The standard InChI is InChI=1S/C15H31N3O2/c1-12(17-9-8-16)11-13-7-5-6-10-18(13)14(19)20-15(2,3)4/h12-13,17H,5-11,16H2,1-4H3. The molecule has 2 unspecified atom stereocenters. The molecule has 1 heterocycles. The molecule has 1 aliphatic rings. The Hall–Kier alpha value is -0.810. The lowest BCUT2D eigenvalue weighted by atomic mass is 9.97. The number of carbonyl (C=O) groups excluding carboxylic acids is 1. The summed E-state index contributed by atoms with van der Waals surface area (Å²) in [7, 11) is 0. The summed E-state index contributed by atoms with van der Waals surface area (Å²) in [6, 6.07) is 0.644. The van der Waals surface area contributed by atoms with Gasteiger partial charge in [0.15, 0.2) is 0 Å². The number of nitrogens with two attached hydrogens (primary N) is 1. The Bertz CT molecular complexity index is 302. The summed E-state index contributed by atoms with van der Waals surface area (Å²) in [4.78, 5) is 14.2. The molecular formula is C15H31N3O2. The van der Waals surface area contributed by atoms with Gasteiger partial charge in [-0.3, -0.25) is 0 Å².